The van der Waals surface area contributed by atoms with Crippen molar-refractivity contribution in [2.24, 2.45) is 0 Å². The van der Waals surface area contributed by atoms with Gasteiger partial charge in [-0.25, -0.2) is 0 Å². The maximum atomic E-state index is 12.8. The molecule has 0 heterocycles. The van der Waals surface area contributed by atoms with E-state index in [1.54, 1.807) is 0 Å². The highest BCUT2D eigenvalue weighted by Gasteiger charge is 2.19. The Kier molecular flexibility index (Phi) is 53.2. The molecule has 0 rings (SSSR count). The van der Waals surface area contributed by atoms with E-state index in [4.69, 9.17) is 14.2 Å². The van der Waals surface area contributed by atoms with E-state index >= 15 is 0 Å². The first kappa shape index (κ1) is 63.6. The number of carbonyl (C=O) groups excluding carboxylic acids is 3. The molecule has 0 saturated carbocycles. The third kappa shape index (κ3) is 52.6. The molecule has 0 N–H and O–H groups in total. The quantitative estimate of drug-likeness (QED) is 0.0262. The summed E-state index contributed by atoms with van der Waals surface area (Å²) >= 11 is 0. The van der Waals surface area contributed by atoms with Crippen LogP contribution in [0.1, 0.15) is 310 Å². The molecule has 0 spiro atoms. The van der Waals surface area contributed by atoms with Crippen LogP contribution in [0.15, 0.2) is 36.5 Å². The highest BCUT2D eigenvalue weighted by molar-refractivity contribution is 5.71. The molecule has 386 valence electrons. The second kappa shape index (κ2) is 55.2. The molecular formula is C60H110O6. The molecule has 0 aromatic heterocycles. The van der Waals surface area contributed by atoms with Crippen molar-refractivity contribution in [3.63, 3.8) is 0 Å². The summed E-state index contributed by atoms with van der Waals surface area (Å²) in [6, 6.07) is 0. The van der Waals surface area contributed by atoms with E-state index < -0.39 is 6.10 Å². The minimum absolute atomic E-state index is 0.0748. The van der Waals surface area contributed by atoms with Gasteiger partial charge >= 0.3 is 17.9 Å². The van der Waals surface area contributed by atoms with E-state index in [-0.39, 0.29) is 31.1 Å². The molecule has 0 aliphatic rings. The van der Waals surface area contributed by atoms with Crippen molar-refractivity contribution in [1.29, 1.82) is 0 Å². The fourth-order valence-electron chi connectivity index (χ4n) is 8.47. The fraction of sp³-hybridized carbons (Fsp3) is 0.850. The smallest absolute Gasteiger partial charge is 0.306 e. The van der Waals surface area contributed by atoms with Crippen LogP contribution in [0, 0.1) is 0 Å². The number of carbonyl (C=O) groups is 3. The van der Waals surface area contributed by atoms with Crippen LogP contribution in [0.4, 0.5) is 0 Å². The summed E-state index contributed by atoms with van der Waals surface area (Å²) in [5.74, 6) is -0.874. The molecule has 0 amide bonds. The predicted octanol–water partition coefficient (Wildman–Crippen LogP) is 19.3. The monoisotopic (exact) mass is 927 g/mol. The molecule has 0 bridgehead atoms. The number of rotatable bonds is 53. The molecule has 6 heteroatoms. The van der Waals surface area contributed by atoms with Crippen LogP contribution < -0.4 is 0 Å². The molecule has 0 aliphatic heterocycles. The van der Waals surface area contributed by atoms with Gasteiger partial charge in [-0.1, -0.05) is 250 Å². The molecule has 0 aliphatic carbocycles. The van der Waals surface area contributed by atoms with E-state index in [1.807, 2.05) is 0 Å². The lowest BCUT2D eigenvalue weighted by Gasteiger charge is -2.18. The summed E-state index contributed by atoms with van der Waals surface area (Å²) in [7, 11) is 0. The van der Waals surface area contributed by atoms with Crippen molar-refractivity contribution in [1.82, 2.24) is 0 Å². The van der Waals surface area contributed by atoms with Gasteiger partial charge in [0.25, 0.3) is 0 Å². The summed E-state index contributed by atoms with van der Waals surface area (Å²) in [5.41, 5.74) is 0. The summed E-state index contributed by atoms with van der Waals surface area (Å²) in [5, 5.41) is 0. The molecule has 66 heavy (non-hydrogen) atoms. The van der Waals surface area contributed by atoms with Crippen LogP contribution in [0.3, 0.4) is 0 Å². The molecule has 6 nitrogen and oxygen atoms in total. The van der Waals surface area contributed by atoms with Gasteiger partial charge in [-0.05, 0) is 77.0 Å². The number of unbranched alkanes of at least 4 members (excludes halogenated alkanes) is 36. The zero-order valence-corrected chi connectivity index (χ0v) is 44.2. The maximum Gasteiger partial charge on any atom is 0.306 e. The minimum atomic E-state index is -0.777. The van der Waals surface area contributed by atoms with Gasteiger partial charge in [0.2, 0.25) is 0 Å². The SMILES string of the molecule is CCCCC/C=C\C/C=C\CCCCCCCC(=O)OC(COC(=O)CCCCCCCCCCC/C=C\CCCCCCCC)COC(=O)CCCCCCCCCCCCCCCC. The van der Waals surface area contributed by atoms with E-state index in [0.29, 0.717) is 19.3 Å². The number of ether oxygens (including phenoxy) is 3. The Morgan fingerprint density at radius 2 is 0.545 bits per heavy atom. The van der Waals surface area contributed by atoms with Crippen molar-refractivity contribution in [2.45, 2.75) is 316 Å². The first-order valence-corrected chi connectivity index (χ1v) is 29.0. The van der Waals surface area contributed by atoms with Gasteiger partial charge in [0, 0.05) is 19.3 Å². The lowest BCUT2D eigenvalue weighted by Crippen LogP contribution is -2.30. The number of esters is 3. The highest BCUT2D eigenvalue weighted by atomic mass is 16.6. The molecule has 0 fully saturated rings. The van der Waals surface area contributed by atoms with E-state index in [1.165, 1.54) is 186 Å². The summed E-state index contributed by atoms with van der Waals surface area (Å²) in [4.78, 5) is 38.1. The Morgan fingerprint density at radius 1 is 0.303 bits per heavy atom. The number of allylic oxidation sites excluding steroid dienone is 6. The Balaban J connectivity index is 4.34. The van der Waals surface area contributed by atoms with Crippen molar-refractivity contribution in [3.8, 4) is 0 Å². The van der Waals surface area contributed by atoms with Gasteiger partial charge in [0.15, 0.2) is 6.10 Å². The van der Waals surface area contributed by atoms with Crippen molar-refractivity contribution in [2.75, 3.05) is 13.2 Å². The van der Waals surface area contributed by atoms with Crippen LogP contribution in [-0.2, 0) is 28.6 Å². The third-order valence-electron chi connectivity index (χ3n) is 12.9. The maximum absolute atomic E-state index is 12.8. The molecule has 0 saturated heterocycles. The predicted molar refractivity (Wildman–Crippen MR) is 284 cm³/mol. The summed E-state index contributed by atoms with van der Waals surface area (Å²) in [6.45, 7) is 6.64. The van der Waals surface area contributed by atoms with E-state index in [2.05, 4.69) is 57.2 Å². The summed E-state index contributed by atoms with van der Waals surface area (Å²) in [6.07, 6.45) is 65.6. The Labute approximate surface area is 410 Å². The first-order chi connectivity index (χ1) is 32.5. The van der Waals surface area contributed by atoms with Gasteiger partial charge in [0.05, 0.1) is 0 Å². The molecular weight excluding hydrogens is 817 g/mol. The average molecular weight is 928 g/mol. The zero-order chi connectivity index (χ0) is 47.9. The Bertz CT molecular complexity index is 1110. The largest absolute Gasteiger partial charge is 0.462 e. The standard InChI is InChI=1S/C60H110O6/c1-4-7-10-13-16-19-22-25-28-29-30-31-33-35-38-41-44-47-50-53-59(62)65-56-57(55-64-58(61)52-49-46-43-40-37-34-27-24-21-18-15-12-9-6-3)66-60(63)54-51-48-45-42-39-36-32-26-23-20-17-14-11-8-5-2/h17,20,25-26,28,32,57H,4-16,18-19,21-24,27,29-31,33-56H2,1-3H3/b20-17-,28-25-,32-26-. The van der Waals surface area contributed by atoms with E-state index in [0.717, 1.165) is 83.5 Å². The van der Waals surface area contributed by atoms with Crippen molar-refractivity contribution in [3.05, 3.63) is 36.5 Å². The lowest BCUT2D eigenvalue weighted by atomic mass is 10.0. The van der Waals surface area contributed by atoms with Crippen molar-refractivity contribution < 1.29 is 28.6 Å². The number of hydrogen-bond acceptors (Lipinski definition) is 6. The van der Waals surface area contributed by atoms with Crippen LogP contribution in [0.2, 0.25) is 0 Å². The fourth-order valence-corrected chi connectivity index (χ4v) is 8.47. The van der Waals surface area contributed by atoms with E-state index in [9.17, 15) is 14.4 Å². The second-order valence-corrected chi connectivity index (χ2v) is 19.6. The van der Waals surface area contributed by atoms with Gasteiger partial charge in [-0.3, -0.25) is 14.4 Å². The Hall–Kier alpha value is -2.37. The second-order valence-electron chi connectivity index (χ2n) is 19.6. The van der Waals surface area contributed by atoms with Gasteiger partial charge in [0.1, 0.15) is 13.2 Å². The van der Waals surface area contributed by atoms with Crippen LogP contribution >= 0.6 is 0 Å². The topological polar surface area (TPSA) is 78.9 Å². The first-order valence-electron chi connectivity index (χ1n) is 29.0. The van der Waals surface area contributed by atoms with Crippen LogP contribution in [0.5, 0.6) is 0 Å². The van der Waals surface area contributed by atoms with Crippen LogP contribution in [0.25, 0.3) is 0 Å². The Morgan fingerprint density at radius 3 is 0.879 bits per heavy atom. The minimum Gasteiger partial charge on any atom is -0.462 e. The summed E-state index contributed by atoms with van der Waals surface area (Å²) < 4.78 is 16.9. The molecule has 0 radical (unpaired) electrons. The number of hydrogen-bond donors (Lipinski definition) is 0. The zero-order valence-electron chi connectivity index (χ0n) is 44.2. The van der Waals surface area contributed by atoms with Gasteiger partial charge in [-0.2, -0.15) is 0 Å². The molecule has 1 unspecified atom stereocenters. The highest BCUT2D eigenvalue weighted by Crippen LogP contribution is 2.16. The average Bonchev–Trinajstić information content (AvgIpc) is 3.31. The van der Waals surface area contributed by atoms with Crippen LogP contribution in [-0.4, -0.2) is 37.2 Å². The lowest BCUT2D eigenvalue weighted by molar-refractivity contribution is -0.167. The molecule has 1 atom stereocenters. The third-order valence-corrected chi connectivity index (χ3v) is 12.9. The molecule has 0 aromatic carbocycles. The van der Waals surface area contributed by atoms with Gasteiger partial charge in [-0.15, -0.1) is 0 Å². The normalized spacial score (nSPS) is 12.2. The molecule has 0 aromatic rings. The van der Waals surface area contributed by atoms with Gasteiger partial charge < -0.3 is 14.2 Å². The van der Waals surface area contributed by atoms with Crippen molar-refractivity contribution >= 4 is 17.9 Å².